The summed E-state index contributed by atoms with van der Waals surface area (Å²) in [7, 11) is -5.01. The number of carbonyl (C=O) groups is 1. The summed E-state index contributed by atoms with van der Waals surface area (Å²) in [6.45, 7) is 0.431. The zero-order chi connectivity index (χ0) is 26.6. The van der Waals surface area contributed by atoms with E-state index >= 15 is 0 Å². The van der Waals surface area contributed by atoms with Gasteiger partial charge in [-0.1, -0.05) is 18.2 Å². The van der Waals surface area contributed by atoms with Crippen molar-refractivity contribution in [2.24, 2.45) is 11.3 Å². The molecule has 11 atom stereocenters. The maximum Gasteiger partial charge on any atom is 1.00 e. The van der Waals surface area contributed by atoms with Gasteiger partial charge in [-0.3, -0.25) is 0 Å². The summed E-state index contributed by atoms with van der Waals surface area (Å²) >= 11 is 0. The third kappa shape index (κ3) is 3.41. The molecule has 8 rings (SSSR count). The van der Waals surface area contributed by atoms with Crippen molar-refractivity contribution in [2.45, 2.75) is 72.9 Å². The molecule has 4 saturated heterocycles. The second kappa shape index (κ2) is 9.14. The minimum absolute atomic E-state index is 0. The van der Waals surface area contributed by atoms with Crippen LogP contribution in [0.25, 0.3) is 0 Å². The summed E-state index contributed by atoms with van der Waals surface area (Å²) in [5.41, 5.74) is -4.13. The van der Waals surface area contributed by atoms with Crippen LogP contribution in [0.2, 0.25) is 0 Å². The zero-order valence-electron chi connectivity index (χ0n) is 20.6. The molecule has 0 unspecified atom stereocenters. The van der Waals surface area contributed by atoms with Crippen LogP contribution in [-0.2, 0) is 33.8 Å². The average molecular weight is 567 g/mol. The van der Waals surface area contributed by atoms with Crippen LogP contribution in [0.3, 0.4) is 0 Å². The SMILES string of the molecule is C[C@@]12C[C@@]3(S(=O)(=O)[O-])O[C@@H](O1)[C@]1(COC(=O)c4ccccc4)[C@H]3C[C@@]12O[C@@H]1O[C@H](CO)[C@@H](O)[C@H](O)[C@H]1O.[Na+]. The Balaban J connectivity index is 0.00000294. The van der Waals surface area contributed by atoms with Gasteiger partial charge in [0, 0.05) is 12.3 Å². The molecule has 3 saturated carbocycles. The van der Waals surface area contributed by atoms with E-state index in [0.29, 0.717) is 0 Å². The minimum Gasteiger partial charge on any atom is -0.746 e. The quantitative estimate of drug-likeness (QED) is 0.139. The number of rotatable bonds is 7. The van der Waals surface area contributed by atoms with Gasteiger partial charge in [0.2, 0.25) is 0 Å². The van der Waals surface area contributed by atoms with Crippen LogP contribution in [0.1, 0.15) is 30.1 Å². The number of ether oxygens (including phenoxy) is 5. The van der Waals surface area contributed by atoms with Crippen LogP contribution in [0, 0.1) is 11.3 Å². The molecule has 7 fully saturated rings. The Labute approximate surface area is 240 Å². The predicted octanol–water partition coefficient (Wildman–Crippen LogP) is -4.80. The van der Waals surface area contributed by atoms with E-state index in [1.165, 1.54) is 12.1 Å². The second-order valence-electron chi connectivity index (χ2n) is 10.6. The van der Waals surface area contributed by atoms with Crippen molar-refractivity contribution in [1.29, 1.82) is 0 Å². The summed E-state index contributed by atoms with van der Waals surface area (Å²) in [5, 5.41) is 40.6. The molecule has 6 bridgehead atoms. The van der Waals surface area contributed by atoms with E-state index in [-0.39, 0.29) is 48.0 Å². The fraction of sp³-hybridized carbons (Fsp3) is 0.696. The molecule has 3 aliphatic carbocycles. The van der Waals surface area contributed by atoms with Crippen molar-refractivity contribution in [3.63, 3.8) is 0 Å². The Morgan fingerprint density at radius 1 is 1.13 bits per heavy atom. The van der Waals surface area contributed by atoms with Gasteiger partial charge in [-0.2, -0.15) is 0 Å². The molecule has 4 heterocycles. The number of aliphatic hydroxyl groups excluding tert-OH is 4. The molecule has 4 N–H and O–H groups in total. The Kier molecular flexibility index (Phi) is 6.93. The Morgan fingerprint density at radius 3 is 2.45 bits per heavy atom. The van der Waals surface area contributed by atoms with Gasteiger partial charge in [-0.15, -0.1) is 0 Å². The van der Waals surface area contributed by atoms with Crippen LogP contribution in [0.4, 0.5) is 0 Å². The standard InChI is InChI=1S/C23H28O13S.Na/c1-20-9-22(37(29,30)31)13-7-23(20,34-18-16(27)15(26)14(25)12(8-24)33-18)21(13,19(35-20)36-22)10-32-17(28)11-5-3-2-4-6-11;/h2-6,12-16,18-19,24-27H,7-10H2,1H3,(H,29,30,31);/q;+1/p-1/t12-,13-,14-,15+,16-,18+,19-,20+,21+,22+,23+;/m1./s1. The van der Waals surface area contributed by atoms with E-state index < -0.39 is 93.8 Å². The molecule has 38 heavy (non-hydrogen) atoms. The molecule has 15 heteroatoms. The van der Waals surface area contributed by atoms with Gasteiger partial charge in [0.25, 0.3) is 0 Å². The maximum absolute atomic E-state index is 12.8. The van der Waals surface area contributed by atoms with Gasteiger partial charge in [-0.25, -0.2) is 13.2 Å². The van der Waals surface area contributed by atoms with E-state index in [0.717, 1.165) is 0 Å². The van der Waals surface area contributed by atoms with Gasteiger partial charge in [0.1, 0.15) is 52.3 Å². The molecular formula is C23H27NaO13S. The van der Waals surface area contributed by atoms with Gasteiger partial charge >= 0.3 is 35.5 Å². The van der Waals surface area contributed by atoms with Crippen molar-refractivity contribution >= 4 is 16.1 Å². The fourth-order valence-electron chi connectivity index (χ4n) is 7.16. The molecule has 13 nitrogen and oxygen atoms in total. The second-order valence-corrected chi connectivity index (χ2v) is 12.2. The first-order chi connectivity index (χ1) is 17.4. The van der Waals surface area contributed by atoms with Crippen LogP contribution in [0.5, 0.6) is 0 Å². The molecular weight excluding hydrogens is 539 g/mol. The summed E-state index contributed by atoms with van der Waals surface area (Å²) in [6, 6.07) is 8.09. The molecule has 0 aromatic heterocycles. The van der Waals surface area contributed by atoms with Gasteiger partial charge in [0.05, 0.1) is 17.6 Å². The van der Waals surface area contributed by atoms with Crippen LogP contribution >= 0.6 is 0 Å². The molecule has 204 valence electrons. The third-order valence-corrected chi connectivity index (χ3v) is 10.3. The van der Waals surface area contributed by atoms with Crippen LogP contribution in [0.15, 0.2) is 30.3 Å². The first kappa shape index (κ1) is 28.8. The smallest absolute Gasteiger partial charge is 0.746 e. The topological polar surface area (TPSA) is 201 Å². The van der Waals surface area contributed by atoms with E-state index in [9.17, 15) is 38.2 Å². The van der Waals surface area contributed by atoms with E-state index in [1.807, 2.05) is 0 Å². The van der Waals surface area contributed by atoms with E-state index in [1.54, 1.807) is 25.1 Å². The largest absolute Gasteiger partial charge is 1.00 e. The number of hydrogen-bond acceptors (Lipinski definition) is 13. The Morgan fingerprint density at radius 2 is 1.82 bits per heavy atom. The van der Waals surface area contributed by atoms with Crippen molar-refractivity contribution < 1.29 is 91.4 Å². The minimum atomic E-state index is -5.01. The van der Waals surface area contributed by atoms with E-state index in [2.05, 4.69) is 0 Å². The zero-order valence-corrected chi connectivity index (χ0v) is 23.4. The van der Waals surface area contributed by atoms with Gasteiger partial charge in [0.15, 0.2) is 17.5 Å². The van der Waals surface area contributed by atoms with Crippen molar-refractivity contribution in [3.05, 3.63) is 35.9 Å². The fourth-order valence-corrected chi connectivity index (χ4v) is 8.46. The average Bonchev–Trinajstić information content (AvgIpc) is 3.07. The number of aliphatic hydroxyl groups is 4. The monoisotopic (exact) mass is 566 g/mol. The Hall–Kier alpha value is -0.720. The first-order valence-electron chi connectivity index (χ1n) is 11.9. The van der Waals surface area contributed by atoms with Crippen LogP contribution in [-0.4, -0.2) is 106 Å². The molecule has 0 spiro atoms. The Bertz CT molecular complexity index is 1210. The molecule has 0 amide bonds. The third-order valence-electron chi connectivity index (χ3n) is 8.97. The van der Waals surface area contributed by atoms with Crippen LogP contribution < -0.4 is 29.6 Å². The summed E-state index contributed by atoms with van der Waals surface area (Å²) in [4.78, 5) is 10.7. The predicted molar refractivity (Wildman–Crippen MR) is 116 cm³/mol. The van der Waals surface area contributed by atoms with Crippen molar-refractivity contribution in [3.8, 4) is 0 Å². The number of esters is 1. The van der Waals surface area contributed by atoms with Gasteiger partial charge < -0.3 is 48.7 Å². The summed E-state index contributed by atoms with van der Waals surface area (Å²) in [6.07, 6.45) is -9.64. The van der Waals surface area contributed by atoms with Gasteiger partial charge in [-0.05, 0) is 25.5 Å². The van der Waals surface area contributed by atoms with Crippen molar-refractivity contribution in [2.75, 3.05) is 13.2 Å². The molecule has 7 aliphatic rings. The maximum atomic E-state index is 12.8. The number of carbonyl (C=O) groups excluding carboxylic acids is 1. The normalized spacial score (nSPS) is 48.3. The number of hydrogen-bond donors (Lipinski definition) is 4. The number of benzene rings is 1. The summed E-state index contributed by atoms with van der Waals surface area (Å²) in [5.74, 6) is -1.66. The molecule has 4 aliphatic heterocycles. The molecule has 1 aromatic carbocycles. The molecule has 1 aromatic rings. The first-order valence-corrected chi connectivity index (χ1v) is 13.3. The summed E-state index contributed by atoms with van der Waals surface area (Å²) < 4.78 is 66.7. The van der Waals surface area contributed by atoms with Crippen molar-refractivity contribution in [1.82, 2.24) is 0 Å². The molecule has 0 radical (unpaired) electrons. The van der Waals surface area contributed by atoms with E-state index in [4.69, 9.17) is 23.7 Å².